The third kappa shape index (κ3) is 2.36. The molecular weight excluding hydrogens is 280 g/mol. The Hall–Kier alpha value is -1.07. The Labute approximate surface area is 129 Å². The minimum atomic E-state index is 0.430. The van der Waals surface area contributed by atoms with Crippen LogP contribution in [-0.4, -0.2) is 44.5 Å². The number of thioether (sulfide) groups is 1. The van der Waals surface area contributed by atoms with Crippen molar-refractivity contribution in [3.63, 3.8) is 0 Å². The fourth-order valence-corrected chi connectivity index (χ4v) is 4.87. The van der Waals surface area contributed by atoms with E-state index >= 15 is 0 Å². The van der Waals surface area contributed by atoms with Gasteiger partial charge in [0.1, 0.15) is 11.3 Å². The van der Waals surface area contributed by atoms with Crippen LogP contribution in [0.5, 0.6) is 0 Å². The van der Waals surface area contributed by atoms with Crippen molar-refractivity contribution >= 4 is 22.9 Å². The highest BCUT2D eigenvalue weighted by molar-refractivity contribution is 7.99. The monoisotopic (exact) mass is 302 g/mol. The predicted molar refractivity (Wildman–Crippen MR) is 87.7 cm³/mol. The first-order valence-electron chi connectivity index (χ1n) is 7.95. The van der Waals surface area contributed by atoms with Gasteiger partial charge in [-0.1, -0.05) is 0 Å². The van der Waals surface area contributed by atoms with Crippen LogP contribution in [0.15, 0.2) is 18.3 Å². The highest BCUT2D eigenvalue weighted by Gasteiger charge is 2.30. The van der Waals surface area contributed by atoms with Crippen molar-refractivity contribution < 1.29 is 0 Å². The van der Waals surface area contributed by atoms with E-state index in [0.717, 1.165) is 11.2 Å². The maximum absolute atomic E-state index is 4.96. The van der Waals surface area contributed by atoms with Gasteiger partial charge < -0.3 is 0 Å². The van der Waals surface area contributed by atoms with E-state index < -0.39 is 0 Å². The van der Waals surface area contributed by atoms with E-state index in [1.807, 2.05) is 12.3 Å². The van der Waals surface area contributed by atoms with Gasteiger partial charge in [-0.05, 0) is 57.2 Å². The van der Waals surface area contributed by atoms with Gasteiger partial charge in [-0.2, -0.15) is 11.8 Å². The maximum atomic E-state index is 4.96. The minimum absolute atomic E-state index is 0.430. The molecule has 0 aromatic carbocycles. The number of hydrogen-bond donors (Lipinski definition) is 0. The summed E-state index contributed by atoms with van der Waals surface area (Å²) in [4.78, 5) is 12.1. The quantitative estimate of drug-likeness (QED) is 0.852. The van der Waals surface area contributed by atoms with Crippen LogP contribution in [0.1, 0.15) is 43.6 Å². The molecule has 0 spiro atoms. The summed E-state index contributed by atoms with van der Waals surface area (Å²) in [5.74, 6) is 4.34. The summed E-state index contributed by atoms with van der Waals surface area (Å²) in [7, 11) is 2.24. The minimum Gasteiger partial charge on any atom is -0.296 e. The Bertz CT molecular complexity index is 632. The summed E-state index contributed by atoms with van der Waals surface area (Å²) in [6, 6.07) is 4.10. The van der Waals surface area contributed by atoms with Gasteiger partial charge in [-0.3, -0.25) is 9.47 Å². The summed E-state index contributed by atoms with van der Waals surface area (Å²) in [6.07, 6.45) is 7.41. The number of aromatic nitrogens is 3. The lowest BCUT2D eigenvalue weighted by Crippen LogP contribution is -2.35. The van der Waals surface area contributed by atoms with E-state index in [4.69, 9.17) is 4.98 Å². The average molecular weight is 302 g/mol. The standard InChI is InChI=1S/C16H22N4S/c1-19-9-3-2-6-14(19)20-15(12-7-10-21-11-12)18-13-5-4-8-17-16(13)20/h4-5,8,12,14H,2-3,6-7,9-11H2,1H3. The lowest BCUT2D eigenvalue weighted by molar-refractivity contribution is 0.126. The topological polar surface area (TPSA) is 34.0 Å². The summed E-state index contributed by atoms with van der Waals surface area (Å²) in [6.45, 7) is 1.18. The summed E-state index contributed by atoms with van der Waals surface area (Å²) < 4.78 is 2.45. The molecule has 4 heterocycles. The molecule has 0 radical (unpaired) electrons. The largest absolute Gasteiger partial charge is 0.296 e. The molecule has 2 aromatic rings. The molecule has 0 bridgehead atoms. The van der Waals surface area contributed by atoms with Crippen molar-refractivity contribution in [1.29, 1.82) is 0 Å². The van der Waals surface area contributed by atoms with Crippen LogP contribution in [0, 0.1) is 0 Å². The molecule has 2 aliphatic heterocycles. The lowest BCUT2D eigenvalue weighted by Gasteiger charge is -2.35. The maximum Gasteiger partial charge on any atom is 0.161 e. The second kappa shape index (κ2) is 5.61. The molecule has 2 aliphatic rings. The van der Waals surface area contributed by atoms with Crippen LogP contribution in [0.3, 0.4) is 0 Å². The van der Waals surface area contributed by atoms with E-state index in [1.165, 1.54) is 49.6 Å². The average Bonchev–Trinajstić information content (AvgIpc) is 3.15. The Kier molecular flexibility index (Phi) is 3.63. The summed E-state index contributed by atoms with van der Waals surface area (Å²) in [5.41, 5.74) is 2.13. The number of rotatable bonds is 2. The Balaban J connectivity index is 1.85. The number of likely N-dealkylation sites (tertiary alicyclic amines) is 1. The van der Waals surface area contributed by atoms with Crippen LogP contribution < -0.4 is 0 Å². The van der Waals surface area contributed by atoms with Gasteiger partial charge in [0.2, 0.25) is 0 Å². The van der Waals surface area contributed by atoms with Gasteiger partial charge in [0.05, 0.1) is 6.17 Å². The van der Waals surface area contributed by atoms with Gasteiger partial charge in [0, 0.05) is 17.9 Å². The van der Waals surface area contributed by atoms with E-state index in [9.17, 15) is 0 Å². The van der Waals surface area contributed by atoms with Crippen molar-refractivity contribution in [1.82, 2.24) is 19.4 Å². The zero-order valence-electron chi connectivity index (χ0n) is 12.5. The number of piperidine rings is 1. The van der Waals surface area contributed by atoms with Crippen molar-refractivity contribution in [3.05, 3.63) is 24.2 Å². The molecule has 2 atom stereocenters. The highest BCUT2D eigenvalue weighted by Crippen LogP contribution is 2.37. The Morgan fingerprint density at radius 3 is 3.05 bits per heavy atom. The highest BCUT2D eigenvalue weighted by atomic mass is 32.2. The van der Waals surface area contributed by atoms with E-state index in [2.05, 4.69) is 39.3 Å². The van der Waals surface area contributed by atoms with Gasteiger partial charge in [0.25, 0.3) is 0 Å². The van der Waals surface area contributed by atoms with Crippen molar-refractivity contribution in [2.24, 2.45) is 0 Å². The van der Waals surface area contributed by atoms with Gasteiger partial charge in [-0.15, -0.1) is 0 Å². The SMILES string of the molecule is CN1CCCCC1n1c(C2CCSC2)nc2cccnc21. The molecule has 4 rings (SSSR count). The first-order valence-corrected chi connectivity index (χ1v) is 9.11. The normalized spacial score (nSPS) is 27.5. The van der Waals surface area contributed by atoms with Gasteiger partial charge in [-0.25, -0.2) is 9.97 Å². The predicted octanol–water partition coefficient (Wildman–Crippen LogP) is 3.27. The second-order valence-corrected chi connectivity index (χ2v) is 7.35. The third-order valence-corrected chi connectivity index (χ3v) is 5.96. The fourth-order valence-electron chi connectivity index (χ4n) is 3.65. The summed E-state index contributed by atoms with van der Waals surface area (Å²) >= 11 is 2.06. The molecule has 21 heavy (non-hydrogen) atoms. The van der Waals surface area contributed by atoms with Crippen molar-refractivity contribution in [3.8, 4) is 0 Å². The van der Waals surface area contributed by atoms with Crippen molar-refractivity contribution in [2.45, 2.75) is 37.8 Å². The molecule has 2 unspecified atom stereocenters. The molecular formula is C16H22N4S. The smallest absolute Gasteiger partial charge is 0.161 e. The number of nitrogens with zero attached hydrogens (tertiary/aromatic N) is 4. The molecule has 5 heteroatoms. The van der Waals surface area contributed by atoms with Crippen LogP contribution in [0.2, 0.25) is 0 Å². The molecule has 0 amide bonds. The zero-order chi connectivity index (χ0) is 14.2. The summed E-state index contributed by atoms with van der Waals surface area (Å²) in [5, 5.41) is 0. The van der Waals surface area contributed by atoms with E-state index in [0.29, 0.717) is 12.1 Å². The van der Waals surface area contributed by atoms with Crippen LogP contribution in [0.25, 0.3) is 11.2 Å². The lowest BCUT2D eigenvalue weighted by atomic mass is 10.1. The number of pyridine rings is 1. The van der Waals surface area contributed by atoms with Crippen LogP contribution >= 0.6 is 11.8 Å². The molecule has 112 valence electrons. The van der Waals surface area contributed by atoms with Gasteiger partial charge in [0.15, 0.2) is 5.65 Å². The Morgan fingerprint density at radius 1 is 1.29 bits per heavy atom. The Morgan fingerprint density at radius 2 is 2.24 bits per heavy atom. The number of hydrogen-bond acceptors (Lipinski definition) is 4. The molecule has 2 saturated heterocycles. The van der Waals surface area contributed by atoms with Gasteiger partial charge >= 0.3 is 0 Å². The number of imidazole rings is 1. The second-order valence-electron chi connectivity index (χ2n) is 6.20. The van der Waals surface area contributed by atoms with Crippen molar-refractivity contribution in [2.75, 3.05) is 25.1 Å². The number of fused-ring (bicyclic) bond motifs is 1. The first kappa shape index (κ1) is 13.6. The molecule has 0 N–H and O–H groups in total. The first-order chi connectivity index (χ1) is 10.3. The van der Waals surface area contributed by atoms with Crippen LogP contribution in [-0.2, 0) is 0 Å². The molecule has 2 aromatic heterocycles. The van der Waals surface area contributed by atoms with Crippen LogP contribution in [0.4, 0.5) is 0 Å². The fraction of sp³-hybridized carbons (Fsp3) is 0.625. The molecule has 0 saturated carbocycles. The molecule has 2 fully saturated rings. The van der Waals surface area contributed by atoms with E-state index in [-0.39, 0.29) is 0 Å². The van der Waals surface area contributed by atoms with E-state index in [1.54, 1.807) is 0 Å². The zero-order valence-corrected chi connectivity index (χ0v) is 13.4. The third-order valence-electron chi connectivity index (χ3n) is 4.80. The molecule has 4 nitrogen and oxygen atoms in total. The molecule has 0 aliphatic carbocycles.